The lowest BCUT2D eigenvalue weighted by molar-refractivity contribution is -0.146. The Bertz CT molecular complexity index is 945. The average molecular weight is 431 g/mol. The number of benzene rings is 2. The third kappa shape index (κ3) is 2.65. The molecule has 0 amide bonds. The Balaban J connectivity index is 1.82. The van der Waals surface area contributed by atoms with Crippen LogP contribution < -0.4 is 10.4 Å². The number of carbonyl (C=O) groups excluding carboxylic acids is 1. The van der Waals surface area contributed by atoms with Gasteiger partial charge in [0.15, 0.2) is 0 Å². The van der Waals surface area contributed by atoms with Gasteiger partial charge in [-0.3, -0.25) is 4.79 Å². The van der Waals surface area contributed by atoms with E-state index in [2.05, 4.69) is 88.0 Å². The van der Waals surface area contributed by atoms with E-state index in [1.807, 2.05) is 0 Å². The fraction of sp³-hybridized carbons (Fsp3) is 0.464. The number of cyclic esters (lactones) is 1. The maximum Gasteiger partial charge on any atom is 0.314 e. The highest BCUT2D eigenvalue weighted by Crippen LogP contribution is 2.80. The van der Waals surface area contributed by atoms with Gasteiger partial charge in [-0.25, -0.2) is 0 Å². The van der Waals surface area contributed by atoms with Crippen molar-refractivity contribution in [2.75, 3.05) is 0 Å². The summed E-state index contributed by atoms with van der Waals surface area (Å²) in [5.74, 6) is 0.280. The number of hydrogen-bond donors (Lipinski definition) is 0. The van der Waals surface area contributed by atoms with Crippen LogP contribution in [0, 0.1) is 11.8 Å². The molecule has 0 bridgehead atoms. The van der Waals surface area contributed by atoms with Gasteiger partial charge in [-0.2, -0.15) is 0 Å². The number of hydrogen-bond acceptors (Lipinski definition) is 2. The number of carbonyl (C=O) groups is 1. The molecule has 3 fully saturated rings. The Morgan fingerprint density at radius 1 is 0.903 bits per heavy atom. The first-order chi connectivity index (χ1) is 14.9. The second kappa shape index (κ2) is 7.20. The summed E-state index contributed by atoms with van der Waals surface area (Å²) in [6, 6.07) is 22.1. The minimum atomic E-state index is -2.56. The summed E-state index contributed by atoms with van der Waals surface area (Å²) in [5, 5.41) is 2.52. The number of rotatable bonds is 4. The van der Waals surface area contributed by atoms with Gasteiger partial charge in [0.1, 0.15) is 14.2 Å². The second-order valence-corrected chi connectivity index (χ2v) is 15.8. The fourth-order valence-electron chi connectivity index (χ4n) is 7.45. The predicted octanol–water partition coefficient (Wildman–Crippen LogP) is 5.48. The van der Waals surface area contributed by atoms with Crippen molar-refractivity contribution in [1.82, 2.24) is 0 Å². The Labute approximate surface area is 187 Å². The maximum atomic E-state index is 13.3. The molecule has 2 aromatic rings. The summed E-state index contributed by atoms with van der Waals surface area (Å²) < 4.78 is 6.32. The van der Waals surface area contributed by atoms with Crippen LogP contribution in [0.2, 0.25) is 10.1 Å². The normalized spacial score (nSPS) is 28.9. The quantitative estimate of drug-likeness (QED) is 0.365. The smallest absolute Gasteiger partial charge is 0.314 e. The van der Waals surface area contributed by atoms with Crippen LogP contribution >= 0.6 is 0 Å². The van der Waals surface area contributed by atoms with E-state index in [-0.39, 0.29) is 28.1 Å². The second-order valence-electron chi connectivity index (χ2n) is 10.8. The van der Waals surface area contributed by atoms with Crippen molar-refractivity contribution in [2.45, 2.75) is 69.1 Å². The molecule has 3 atom stereocenters. The zero-order valence-corrected chi connectivity index (χ0v) is 20.1. The predicted molar refractivity (Wildman–Crippen MR) is 129 cm³/mol. The van der Waals surface area contributed by atoms with E-state index >= 15 is 0 Å². The zero-order chi connectivity index (χ0) is 21.9. The van der Waals surface area contributed by atoms with E-state index in [1.165, 1.54) is 29.6 Å². The summed E-state index contributed by atoms with van der Waals surface area (Å²) in [4.78, 5) is 13.3. The minimum Gasteiger partial charge on any atom is -0.461 e. The van der Waals surface area contributed by atoms with Gasteiger partial charge in [-0.1, -0.05) is 123 Å². The molecule has 2 nitrogen and oxygen atoms in total. The molecule has 5 rings (SSSR count). The molecule has 1 unspecified atom stereocenters. The molecule has 31 heavy (non-hydrogen) atoms. The summed E-state index contributed by atoms with van der Waals surface area (Å²) in [6.07, 6.45) is 6.08. The largest absolute Gasteiger partial charge is 0.461 e. The molecule has 0 radical (unpaired) electrons. The Morgan fingerprint density at radius 2 is 1.42 bits per heavy atom. The molecule has 0 N–H and O–H groups in total. The zero-order valence-electron chi connectivity index (χ0n) is 19.1. The van der Waals surface area contributed by atoms with Crippen LogP contribution in [-0.2, 0) is 9.53 Å². The molecule has 2 saturated carbocycles. The van der Waals surface area contributed by atoms with Crippen molar-refractivity contribution in [3.05, 3.63) is 72.8 Å². The van der Waals surface area contributed by atoms with Gasteiger partial charge < -0.3 is 4.74 Å². The van der Waals surface area contributed by atoms with Crippen molar-refractivity contribution in [3.63, 3.8) is 0 Å². The first-order valence-electron chi connectivity index (χ1n) is 11.9. The molecule has 2 aliphatic carbocycles. The lowest BCUT2D eigenvalue weighted by Gasteiger charge is -2.52. The monoisotopic (exact) mass is 430 g/mol. The molecule has 1 aliphatic heterocycles. The van der Waals surface area contributed by atoms with Crippen molar-refractivity contribution < 1.29 is 9.53 Å². The van der Waals surface area contributed by atoms with Crippen LogP contribution in [0.5, 0.6) is 0 Å². The molecular weight excluding hydrogens is 396 g/mol. The summed E-state index contributed by atoms with van der Waals surface area (Å²) in [6.45, 7) is 11.7. The van der Waals surface area contributed by atoms with E-state index < -0.39 is 8.07 Å². The Morgan fingerprint density at radius 3 is 1.87 bits per heavy atom. The molecule has 3 heteroatoms. The Kier molecular flexibility index (Phi) is 4.82. The topological polar surface area (TPSA) is 26.3 Å². The maximum absolute atomic E-state index is 13.3. The third-order valence-electron chi connectivity index (χ3n) is 8.42. The number of esters is 1. The molecule has 2 aromatic carbocycles. The van der Waals surface area contributed by atoms with Crippen molar-refractivity contribution >= 4 is 24.4 Å². The first kappa shape index (κ1) is 20.8. The summed E-state index contributed by atoms with van der Waals surface area (Å²) >= 11 is 0. The van der Waals surface area contributed by atoms with Gasteiger partial charge in [0.2, 0.25) is 0 Å². The van der Waals surface area contributed by atoms with Crippen LogP contribution in [-0.4, -0.2) is 20.1 Å². The van der Waals surface area contributed by atoms with Crippen molar-refractivity contribution in [1.29, 1.82) is 0 Å². The molecule has 1 heterocycles. The average Bonchev–Trinajstić information content (AvgIpc) is 3.25. The van der Waals surface area contributed by atoms with Gasteiger partial charge in [-0.05, 0) is 23.8 Å². The summed E-state index contributed by atoms with van der Waals surface area (Å²) in [7, 11) is -2.56. The van der Waals surface area contributed by atoms with Gasteiger partial charge in [0, 0.05) is 5.04 Å². The van der Waals surface area contributed by atoms with Crippen molar-refractivity contribution in [2.24, 2.45) is 11.8 Å². The fourth-order valence-corrected chi connectivity index (χ4v) is 15.1. The third-order valence-corrected chi connectivity index (χ3v) is 15.2. The van der Waals surface area contributed by atoms with Gasteiger partial charge >= 0.3 is 5.97 Å². The van der Waals surface area contributed by atoms with Crippen LogP contribution in [0.25, 0.3) is 0 Å². The van der Waals surface area contributed by atoms with Crippen molar-refractivity contribution in [3.8, 4) is 0 Å². The number of ether oxygens (including phenoxy) is 1. The highest BCUT2D eigenvalue weighted by Gasteiger charge is 2.84. The van der Waals surface area contributed by atoms with E-state index in [0.29, 0.717) is 5.92 Å². The lowest BCUT2D eigenvalue weighted by atomic mass is 9.83. The van der Waals surface area contributed by atoms with Crippen LogP contribution in [0.15, 0.2) is 72.8 Å². The van der Waals surface area contributed by atoms with E-state index in [1.54, 1.807) is 0 Å². The highest BCUT2D eigenvalue weighted by atomic mass is 28.3. The SMILES string of the molecule is C=C1[C@H]2C(=O)OC(C3CCCCC3)[C@@]12[Si](c1ccccc1)(c1ccccc1)C(C)(C)C. The molecule has 162 valence electrons. The van der Waals surface area contributed by atoms with E-state index in [0.717, 1.165) is 18.4 Å². The van der Waals surface area contributed by atoms with Crippen LogP contribution in [0.3, 0.4) is 0 Å². The first-order valence-corrected chi connectivity index (χ1v) is 13.9. The lowest BCUT2D eigenvalue weighted by Crippen LogP contribution is -2.70. The number of fused-ring (bicyclic) bond motifs is 1. The van der Waals surface area contributed by atoms with E-state index in [9.17, 15) is 4.79 Å². The van der Waals surface area contributed by atoms with Gasteiger partial charge in [0.25, 0.3) is 0 Å². The highest BCUT2D eigenvalue weighted by molar-refractivity contribution is 7.08. The Hall–Kier alpha value is -2.13. The molecule has 0 spiro atoms. The van der Waals surface area contributed by atoms with Crippen LogP contribution in [0.1, 0.15) is 52.9 Å². The van der Waals surface area contributed by atoms with Crippen LogP contribution in [0.4, 0.5) is 0 Å². The standard InChI is InChI=1S/C28H34O2Si/c1-20-24-26(29)30-25(21-14-8-5-9-15-21)28(20,24)31(27(2,3)4,22-16-10-6-11-17-22)23-18-12-7-13-19-23/h6-7,10-13,16-19,21,24-25H,1,5,8-9,14-15H2,2-4H3/t24-,25?,28+/m0/s1. The van der Waals surface area contributed by atoms with Gasteiger partial charge in [-0.15, -0.1) is 0 Å². The molecule has 0 aromatic heterocycles. The molecule has 1 saturated heterocycles. The minimum absolute atomic E-state index is 0.0196. The van der Waals surface area contributed by atoms with Gasteiger partial charge in [0.05, 0.1) is 5.92 Å². The summed E-state index contributed by atoms with van der Waals surface area (Å²) in [5.41, 5.74) is 1.15. The molecule has 3 aliphatic rings. The van der Waals surface area contributed by atoms with E-state index in [4.69, 9.17) is 4.74 Å². The molecular formula is C28H34O2Si.